The Morgan fingerprint density at radius 1 is 1.23 bits per heavy atom. The Hall–Kier alpha value is -0.540. The maximum absolute atomic E-state index is 11.0. The molecular weight excluding hydrogens is 437 g/mol. The van der Waals surface area contributed by atoms with Crippen molar-refractivity contribution in [1.29, 1.82) is 0 Å². The van der Waals surface area contributed by atoms with E-state index in [-0.39, 0.29) is 29.7 Å². The summed E-state index contributed by atoms with van der Waals surface area (Å²) in [5.41, 5.74) is 1.08. The Morgan fingerprint density at radius 3 is 2.45 bits per heavy atom. The van der Waals surface area contributed by atoms with Gasteiger partial charge in [-0.1, -0.05) is 29.8 Å². The van der Waals surface area contributed by atoms with Crippen LogP contribution < -0.4 is 10.6 Å². The topological polar surface area (TPSA) is 70.6 Å². The van der Waals surface area contributed by atoms with E-state index in [1.54, 1.807) is 7.05 Å². The molecule has 0 aliphatic carbocycles. The van der Waals surface area contributed by atoms with Gasteiger partial charge in [0.2, 0.25) is 0 Å². The van der Waals surface area contributed by atoms with Crippen molar-refractivity contribution in [3.05, 3.63) is 34.9 Å². The van der Waals surface area contributed by atoms with E-state index in [1.807, 2.05) is 24.3 Å². The highest BCUT2D eigenvalue weighted by molar-refractivity contribution is 14.0. The minimum atomic E-state index is -2.90. The molecule has 0 unspecified atom stereocenters. The van der Waals surface area contributed by atoms with E-state index in [2.05, 4.69) is 15.6 Å². The maximum atomic E-state index is 11.0. The van der Waals surface area contributed by atoms with Crippen molar-refractivity contribution in [2.45, 2.75) is 12.8 Å². The molecule has 5 nitrogen and oxygen atoms in total. The molecule has 8 heteroatoms. The Labute approximate surface area is 154 Å². The van der Waals surface area contributed by atoms with E-state index >= 15 is 0 Å². The van der Waals surface area contributed by atoms with E-state index < -0.39 is 9.84 Å². The fraction of sp³-hybridized carbons (Fsp3) is 0.500. The van der Waals surface area contributed by atoms with E-state index in [9.17, 15) is 8.42 Å². The molecule has 2 N–H and O–H groups in total. The highest BCUT2D eigenvalue weighted by Crippen LogP contribution is 2.14. The van der Waals surface area contributed by atoms with Crippen LogP contribution in [0.25, 0.3) is 0 Å². The first-order chi connectivity index (χ1) is 9.92. The van der Waals surface area contributed by atoms with Gasteiger partial charge in [-0.05, 0) is 24.5 Å². The minimum absolute atomic E-state index is 0. The van der Waals surface area contributed by atoms with Gasteiger partial charge in [-0.2, -0.15) is 0 Å². The molecule has 0 saturated heterocycles. The third-order valence-corrected chi connectivity index (χ3v) is 4.25. The van der Waals surface area contributed by atoms with Crippen LogP contribution in [0.4, 0.5) is 0 Å². The van der Waals surface area contributed by atoms with Crippen LogP contribution in [0.3, 0.4) is 0 Å². The molecule has 0 radical (unpaired) electrons. The zero-order valence-electron chi connectivity index (χ0n) is 12.8. The average Bonchev–Trinajstić information content (AvgIpc) is 2.42. The third kappa shape index (κ3) is 9.47. The molecule has 0 heterocycles. The number of halogens is 2. The van der Waals surface area contributed by atoms with Crippen LogP contribution in [0.5, 0.6) is 0 Å². The Kier molecular flexibility index (Phi) is 10.8. The van der Waals surface area contributed by atoms with Gasteiger partial charge in [-0.15, -0.1) is 24.0 Å². The Balaban J connectivity index is 0.00000441. The van der Waals surface area contributed by atoms with Gasteiger partial charge < -0.3 is 10.6 Å². The summed E-state index contributed by atoms with van der Waals surface area (Å²) in [6, 6.07) is 7.72. The molecule has 1 aromatic rings. The molecule has 1 aromatic carbocycles. The summed E-state index contributed by atoms with van der Waals surface area (Å²) >= 11 is 6.09. The molecule has 0 amide bonds. The van der Waals surface area contributed by atoms with Gasteiger partial charge in [0, 0.05) is 31.4 Å². The van der Waals surface area contributed by atoms with Crippen LogP contribution in [0.2, 0.25) is 5.02 Å². The normalized spacial score (nSPS) is 11.7. The largest absolute Gasteiger partial charge is 0.356 e. The number of guanidine groups is 1. The van der Waals surface area contributed by atoms with Crippen molar-refractivity contribution < 1.29 is 8.42 Å². The van der Waals surface area contributed by atoms with E-state index in [4.69, 9.17) is 11.6 Å². The summed E-state index contributed by atoms with van der Waals surface area (Å²) < 4.78 is 22.0. The number of sulfone groups is 1. The monoisotopic (exact) mass is 459 g/mol. The van der Waals surface area contributed by atoms with Crippen molar-refractivity contribution in [3.63, 3.8) is 0 Å². The lowest BCUT2D eigenvalue weighted by Gasteiger charge is -2.12. The quantitative estimate of drug-likeness (QED) is 0.284. The van der Waals surface area contributed by atoms with Gasteiger partial charge in [-0.25, -0.2) is 8.42 Å². The van der Waals surface area contributed by atoms with Crippen LogP contribution >= 0.6 is 35.6 Å². The molecular formula is C14H23ClIN3O2S. The molecule has 1 rings (SSSR count). The highest BCUT2D eigenvalue weighted by Gasteiger charge is 2.03. The summed E-state index contributed by atoms with van der Waals surface area (Å²) in [5, 5.41) is 7.02. The number of rotatable bonds is 7. The summed E-state index contributed by atoms with van der Waals surface area (Å²) in [7, 11) is -1.22. The standard InChI is InChI=1S/C14H22ClN3O2S.HI/c1-16-14(17-9-5-11-21(2,19)20)18-10-8-12-6-3-4-7-13(12)15;/h3-4,6-7H,5,8-11H2,1-2H3,(H2,16,17,18);1H. The van der Waals surface area contributed by atoms with E-state index in [0.29, 0.717) is 25.5 Å². The number of nitrogens with zero attached hydrogens (tertiary/aromatic N) is 1. The Morgan fingerprint density at radius 2 is 1.86 bits per heavy atom. The summed E-state index contributed by atoms with van der Waals surface area (Å²) in [4.78, 5) is 4.09. The molecule has 0 aliphatic heterocycles. The van der Waals surface area contributed by atoms with Gasteiger partial charge in [0.05, 0.1) is 5.75 Å². The van der Waals surface area contributed by atoms with Gasteiger partial charge in [0.1, 0.15) is 9.84 Å². The molecule has 0 saturated carbocycles. The zero-order chi connectivity index (χ0) is 15.7. The fourth-order valence-corrected chi connectivity index (χ4v) is 2.68. The predicted octanol–water partition coefficient (Wildman–Crippen LogP) is 2.10. The second-order valence-electron chi connectivity index (χ2n) is 4.75. The SMILES string of the molecule is CN=C(NCCCS(C)(=O)=O)NCCc1ccccc1Cl.I. The van der Waals surface area contributed by atoms with Crippen LogP contribution in [-0.2, 0) is 16.3 Å². The van der Waals surface area contributed by atoms with Crippen LogP contribution in [0.1, 0.15) is 12.0 Å². The fourth-order valence-electron chi connectivity index (χ4n) is 1.78. The van der Waals surface area contributed by atoms with Gasteiger partial charge in [0.25, 0.3) is 0 Å². The van der Waals surface area contributed by atoms with Crippen LogP contribution in [0.15, 0.2) is 29.3 Å². The number of hydrogen-bond donors (Lipinski definition) is 2. The van der Waals surface area contributed by atoms with Crippen molar-refractivity contribution in [3.8, 4) is 0 Å². The Bertz CT molecular complexity index is 579. The maximum Gasteiger partial charge on any atom is 0.190 e. The van der Waals surface area contributed by atoms with Crippen molar-refractivity contribution in [1.82, 2.24) is 10.6 Å². The summed E-state index contributed by atoms with van der Waals surface area (Å²) in [6.07, 6.45) is 2.59. The van der Waals surface area contributed by atoms with E-state index in [1.165, 1.54) is 6.26 Å². The molecule has 126 valence electrons. The van der Waals surface area contributed by atoms with Crippen LogP contribution in [-0.4, -0.2) is 46.5 Å². The number of hydrogen-bond acceptors (Lipinski definition) is 3. The lowest BCUT2D eigenvalue weighted by molar-refractivity contribution is 0.598. The van der Waals surface area contributed by atoms with E-state index in [0.717, 1.165) is 17.0 Å². The van der Waals surface area contributed by atoms with Gasteiger partial charge >= 0.3 is 0 Å². The molecule has 22 heavy (non-hydrogen) atoms. The van der Waals surface area contributed by atoms with Crippen LogP contribution in [0, 0.1) is 0 Å². The van der Waals surface area contributed by atoms with Gasteiger partial charge in [0.15, 0.2) is 5.96 Å². The molecule has 0 aromatic heterocycles. The second kappa shape index (κ2) is 11.1. The first-order valence-corrected chi connectivity index (χ1v) is 9.22. The molecule has 0 bridgehead atoms. The number of benzene rings is 1. The first kappa shape index (κ1) is 21.5. The third-order valence-electron chi connectivity index (χ3n) is 2.85. The summed E-state index contributed by atoms with van der Waals surface area (Å²) in [6.45, 7) is 1.27. The molecule has 0 fully saturated rings. The number of aliphatic imine (C=N–C) groups is 1. The second-order valence-corrected chi connectivity index (χ2v) is 7.42. The van der Waals surface area contributed by atoms with Crippen molar-refractivity contribution >= 4 is 51.4 Å². The minimum Gasteiger partial charge on any atom is -0.356 e. The highest BCUT2D eigenvalue weighted by atomic mass is 127. The zero-order valence-corrected chi connectivity index (χ0v) is 16.7. The summed E-state index contributed by atoms with van der Waals surface area (Å²) in [5.74, 6) is 0.840. The first-order valence-electron chi connectivity index (χ1n) is 6.78. The predicted molar refractivity (Wildman–Crippen MR) is 104 cm³/mol. The molecule has 0 atom stereocenters. The number of nitrogens with one attached hydrogen (secondary N) is 2. The van der Waals surface area contributed by atoms with Gasteiger partial charge in [-0.3, -0.25) is 4.99 Å². The van der Waals surface area contributed by atoms with Crippen molar-refractivity contribution in [2.24, 2.45) is 4.99 Å². The lowest BCUT2D eigenvalue weighted by atomic mass is 10.1. The van der Waals surface area contributed by atoms with Crippen molar-refractivity contribution in [2.75, 3.05) is 32.1 Å². The smallest absolute Gasteiger partial charge is 0.190 e. The molecule has 0 spiro atoms. The average molecular weight is 460 g/mol. The molecule has 0 aliphatic rings. The lowest BCUT2D eigenvalue weighted by Crippen LogP contribution is -2.39.